The van der Waals surface area contributed by atoms with Crippen molar-refractivity contribution in [3.8, 4) is 0 Å². The average Bonchev–Trinajstić information content (AvgIpc) is 3.10. The second kappa shape index (κ2) is 7.73. The van der Waals surface area contributed by atoms with Crippen LogP contribution in [-0.2, 0) is 16.0 Å². The fraction of sp³-hybridized carbons (Fsp3) is 0.368. The molecule has 3 N–H and O–H groups in total. The molecule has 4 rings (SSSR count). The van der Waals surface area contributed by atoms with Gasteiger partial charge in [0, 0.05) is 43.3 Å². The fourth-order valence-corrected chi connectivity index (χ4v) is 3.84. The lowest BCUT2D eigenvalue weighted by atomic mass is 9.97. The molecular formula is C19H21ClN6O2. The molecule has 1 aromatic heterocycles. The number of hydrogen-bond acceptors (Lipinski definition) is 6. The second-order valence-corrected chi connectivity index (χ2v) is 7.34. The van der Waals surface area contributed by atoms with Gasteiger partial charge in [-0.1, -0.05) is 23.7 Å². The van der Waals surface area contributed by atoms with Crippen LogP contribution in [0.4, 0.5) is 11.6 Å². The van der Waals surface area contributed by atoms with E-state index in [1.807, 2.05) is 17.0 Å². The summed E-state index contributed by atoms with van der Waals surface area (Å²) < 4.78 is 0. The maximum Gasteiger partial charge on any atom is 0.231 e. The molecule has 2 aliphatic heterocycles. The number of rotatable bonds is 4. The highest BCUT2D eigenvalue weighted by Crippen LogP contribution is 2.29. The number of carbonyl (C=O) groups is 2. The number of nitrogens with two attached hydrogens (primary N) is 1. The molecule has 146 valence electrons. The number of benzene rings is 1. The summed E-state index contributed by atoms with van der Waals surface area (Å²) >= 11 is 5.94. The van der Waals surface area contributed by atoms with Crippen LogP contribution >= 0.6 is 11.6 Å². The van der Waals surface area contributed by atoms with Gasteiger partial charge in [-0.15, -0.1) is 0 Å². The number of nitrogens with zero attached hydrogens (tertiary/aromatic N) is 4. The quantitative estimate of drug-likeness (QED) is 0.793. The van der Waals surface area contributed by atoms with Crippen LogP contribution in [-0.4, -0.2) is 59.4 Å². The third-order valence-corrected chi connectivity index (χ3v) is 5.47. The van der Waals surface area contributed by atoms with Crippen LogP contribution in [0.2, 0.25) is 5.02 Å². The van der Waals surface area contributed by atoms with Gasteiger partial charge in [-0.2, -0.15) is 0 Å². The van der Waals surface area contributed by atoms with Crippen LogP contribution in [0.5, 0.6) is 0 Å². The highest BCUT2D eigenvalue weighted by atomic mass is 35.5. The van der Waals surface area contributed by atoms with Gasteiger partial charge < -0.3 is 20.9 Å². The van der Waals surface area contributed by atoms with Crippen molar-refractivity contribution in [1.82, 2.24) is 14.9 Å². The Bertz CT molecular complexity index is 896. The highest BCUT2D eigenvalue weighted by molar-refractivity contribution is 6.30. The van der Waals surface area contributed by atoms with Crippen LogP contribution in [0.3, 0.4) is 0 Å². The zero-order valence-corrected chi connectivity index (χ0v) is 16.0. The SMILES string of the molecule is NCC(C(=O)N1CCN(c2ncnc3c2CC(=O)N3)CC1)c1ccc(Cl)cc1. The Labute approximate surface area is 167 Å². The van der Waals surface area contributed by atoms with Crippen molar-refractivity contribution in [2.24, 2.45) is 5.73 Å². The lowest BCUT2D eigenvalue weighted by Gasteiger charge is -2.37. The topological polar surface area (TPSA) is 104 Å². The van der Waals surface area contributed by atoms with Gasteiger partial charge in [0.1, 0.15) is 18.0 Å². The Morgan fingerprint density at radius 3 is 2.57 bits per heavy atom. The Morgan fingerprint density at radius 1 is 1.18 bits per heavy atom. The van der Waals surface area contributed by atoms with Crippen LogP contribution in [0.1, 0.15) is 17.0 Å². The molecule has 2 amide bonds. The van der Waals surface area contributed by atoms with Crippen molar-refractivity contribution < 1.29 is 9.59 Å². The van der Waals surface area contributed by atoms with E-state index in [2.05, 4.69) is 20.2 Å². The van der Waals surface area contributed by atoms with Crippen molar-refractivity contribution in [3.63, 3.8) is 0 Å². The zero-order chi connectivity index (χ0) is 19.7. The van der Waals surface area contributed by atoms with Crippen LogP contribution < -0.4 is 16.0 Å². The van der Waals surface area contributed by atoms with Crippen LogP contribution in [0.25, 0.3) is 0 Å². The molecule has 0 radical (unpaired) electrons. The summed E-state index contributed by atoms with van der Waals surface area (Å²) in [5.74, 6) is 0.922. The maximum absolute atomic E-state index is 13.0. The van der Waals surface area contributed by atoms with E-state index >= 15 is 0 Å². The standard InChI is InChI=1S/C19H21ClN6O2/c20-13-3-1-12(2-4-13)15(10-21)19(28)26-7-5-25(6-8-26)18-14-9-16(27)24-17(14)22-11-23-18/h1-4,11,15H,5-10,21H2,(H,22,23,24,27). The molecule has 0 bridgehead atoms. The van der Waals surface area contributed by atoms with E-state index < -0.39 is 0 Å². The average molecular weight is 401 g/mol. The number of nitrogens with one attached hydrogen (secondary N) is 1. The highest BCUT2D eigenvalue weighted by Gasteiger charge is 2.31. The number of piperazine rings is 1. The van der Waals surface area contributed by atoms with Crippen LogP contribution in [0.15, 0.2) is 30.6 Å². The van der Waals surface area contributed by atoms with Gasteiger partial charge in [0.2, 0.25) is 11.8 Å². The number of anilines is 2. The Balaban J connectivity index is 1.44. The third kappa shape index (κ3) is 3.53. The van der Waals surface area contributed by atoms with E-state index in [0.717, 1.165) is 16.9 Å². The number of aromatic nitrogens is 2. The Morgan fingerprint density at radius 2 is 1.89 bits per heavy atom. The molecule has 1 aromatic carbocycles. The van der Waals surface area contributed by atoms with Gasteiger partial charge in [0.15, 0.2) is 0 Å². The lowest BCUT2D eigenvalue weighted by Crippen LogP contribution is -2.51. The van der Waals surface area contributed by atoms with Gasteiger partial charge in [0.25, 0.3) is 0 Å². The molecule has 0 aliphatic carbocycles. The van der Waals surface area contributed by atoms with E-state index in [1.165, 1.54) is 6.33 Å². The van der Waals surface area contributed by atoms with Crippen LogP contribution in [0, 0.1) is 0 Å². The normalized spacial score (nSPS) is 17.3. The predicted octanol–water partition coefficient (Wildman–Crippen LogP) is 1.02. The number of fused-ring (bicyclic) bond motifs is 1. The van der Waals surface area contributed by atoms with Crippen molar-refractivity contribution in [2.45, 2.75) is 12.3 Å². The number of halogens is 1. The van der Waals surface area contributed by atoms with Gasteiger partial charge in [-0.3, -0.25) is 9.59 Å². The fourth-order valence-electron chi connectivity index (χ4n) is 3.72. The van der Waals surface area contributed by atoms with Crippen molar-refractivity contribution in [3.05, 3.63) is 46.7 Å². The van der Waals surface area contributed by atoms with E-state index in [9.17, 15) is 9.59 Å². The second-order valence-electron chi connectivity index (χ2n) is 6.90. The minimum atomic E-state index is -0.381. The minimum absolute atomic E-state index is 0.0224. The molecule has 3 heterocycles. The largest absolute Gasteiger partial charge is 0.353 e. The van der Waals surface area contributed by atoms with Crippen molar-refractivity contribution in [1.29, 1.82) is 0 Å². The van der Waals surface area contributed by atoms with Gasteiger partial charge >= 0.3 is 0 Å². The molecule has 2 aliphatic rings. The van der Waals surface area contributed by atoms with E-state index in [1.54, 1.807) is 12.1 Å². The third-order valence-electron chi connectivity index (χ3n) is 5.21. The smallest absolute Gasteiger partial charge is 0.231 e. The number of hydrogen-bond donors (Lipinski definition) is 2. The molecule has 2 aromatic rings. The van der Waals surface area contributed by atoms with Gasteiger partial charge in [0.05, 0.1) is 12.3 Å². The first-order chi connectivity index (χ1) is 13.6. The monoisotopic (exact) mass is 400 g/mol. The summed E-state index contributed by atoms with van der Waals surface area (Å²) in [5.41, 5.74) is 7.60. The summed E-state index contributed by atoms with van der Waals surface area (Å²) in [7, 11) is 0. The molecule has 1 atom stereocenters. The molecule has 9 heteroatoms. The first-order valence-electron chi connectivity index (χ1n) is 9.20. The molecule has 1 saturated heterocycles. The van der Waals surface area contributed by atoms with E-state index in [0.29, 0.717) is 37.0 Å². The molecular weight excluding hydrogens is 380 g/mol. The van der Waals surface area contributed by atoms with Gasteiger partial charge in [-0.05, 0) is 17.7 Å². The minimum Gasteiger partial charge on any atom is -0.353 e. The molecule has 0 saturated carbocycles. The summed E-state index contributed by atoms with van der Waals surface area (Å²) in [5, 5.41) is 3.37. The lowest BCUT2D eigenvalue weighted by molar-refractivity contribution is -0.132. The molecule has 1 fully saturated rings. The van der Waals surface area contributed by atoms with E-state index in [4.69, 9.17) is 17.3 Å². The summed E-state index contributed by atoms with van der Waals surface area (Å²) in [6, 6.07) is 7.25. The first-order valence-corrected chi connectivity index (χ1v) is 9.57. The number of carbonyl (C=O) groups excluding carboxylic acids is 2. The van der Waals surface area contributed by atoms with Gasteiger partial charge in [-0.25, -0.2) is 9.97 Å². The Hall–Kier alpha value is -2.71. The number of amides is 2. The van der Waals surface area contributed by atoms with Crippen molar-refractivity contribution >= 4 is 35.1 Å². The van der Waals surface area contributed by atoms with Crippen molar-refractivity contribution in [2.75, 3.05) is 42.9 Å². The maximum atomic E-state index is 13.0. The summed E-state index contributed by atoms with van der Waals surface area (Å²) in [4.78, 5) is 37.1. The summed E-state index contributed by atoms with van der Waals surface area (Å²) in [6.07, 6.45) is 1.75. The van der Waals surface area contributed by atoms with E-state index in [-0.39, 0.29) is 30.7 Å². The molecule has 0 spiro atoms. The first kappa shape index (κ1) is 18.6. The molecule has 28 heavy (non-hydrogen) atoms. The zero-order valence-electron chi connectivity index (χ0n) is 15.3. The predicted molar refractivity (Wildman–Crippen MR) is 106 cm³/mol. The summed E-state index contributed by atoms with van der Waals surface area (Å²) in [6.45, 7) is 2.67. The Kier molecular flexibility index (Phi) is 5.15. The molecule has 8 nitrogen and oxygen atoms in total. The molecule has 1 unspecified atom stereocenters.